The fourth-order valence-corrected chi connectivity index (χ4v) is 2.58. The normalized spacial score (nSPS) is 14.6. The lowest BCUT2D eigenvalue weighted by molar-refractivity contribution is -0.130. The summed E-state index contributed by atoms with van der Waals surface area (Å²) in [5.41, 5.74) is 4.61. The molecule has 0 radical (unpaired) electrons. The molecule has 0 atom stereocenters. The minimum atomic E-state index is -0.532. The first-order valence-electron chi connectivity index (χ1n) is 7.60. The third-order valence-corrected chi connectivity index (χ3v) is 3.79. The Morgan fingerprint density at radius 1 is 1.14 bits per heavy atom. The number of para-hydroxylation sites is 1. The summed E-state index contributed by atoms with van der Waals surface area (Å²) >= 11 is 0. The molecule has 0 aliphatic heterocycles. The molecule has 1 fully saturated rings. The summed E-state index contributed by atoms with van der Waals surface area (Å²) in [6.07, 6.45) is 6.13. The Balaban J connectivity index is 1.60. The van der Waals surface area contributed by atoms with Crippen molar-refractivity contribution in [1.29, 1.82) is 0 Å². The van der Waals surface area contributed by atoms with Crippen LogP contribution < -0.4 is 15.6 Å². The fraction of sp³-hybridized carbons (Fsp3) is 0.500. The Bertz CT molecular complexity index is 516. The van der Waals surface area contributed by atoms with E-state index in [-0.39, 0.29) is 18.3 Å². The van der Waals surface area contributed by atoms with E-state index >= 15 is 0 Å². The van der Waals surface area contributed by atoms with Crippen molar-refractivity contribution in [3.63, 3.8) is 0 Å². The van der Waals surface area contributed by atoms with Crippen molar-refractivity contribution in [1.82, 2.24) is 10.9 Å². The Morgan fingerprint density at radius 3 is 2.55 bits per heavy atom. The quantitative estimate of drug-likeness (QED) is 0.793. The lowest BCUT2D eigenvalue weighted by Gasteiger charge is -2.11. The van der Waals surface area contributed by atoms with Crippen LogP contribution in [-0.2, 0) is 9.59 Å². The van der Waals surface area contributed by atoms with Gasteiger partial charge in [-0.05, 0) is 24.5 Å². The zero-order chi connectivity index (χ0) is 15.8. The molecule has 0 unspecified atom stereocenters. The molecule has 1 aliphatic rings. The van der Waals surface area contributed by atoms with Gasteiger partial charge in [0.15, 0.2) is 18.2 Å². The number of hydrogen-bond donors (Lipinski definition) is 2. The maximum Gasteiger partial charge on any atom is 0.276 e. The highest BCUT2D eigenvalue weighted by Crippen LogP contribution is 2.28. The van der Waals surface area contributed by atoms with Gasteiger partial charge in [0.25, 0.3) is 5.91 Å². The molecular formula is C16H21FN2O3. The molecule has 0 bridgehead atoms. The fourth-order valence-electron chi connectivity index (χ4n) is 2.58. The molecule has 1 aromatic rings. The van der Waals surface area contributed by atoms with Crippen LogP contribution in [0.2, 0.25) is 0 Å². The first kappa shape index (κ1) is 16.3. The highest BCUT2D eigenvalue weighted by atomic mass is 19.1. The molecule has 0 aromatic heterocycles. The summed E-state index contributed by atoms with van der Waals surface area (Å²) in [6.45, 7) is -0.357. The van der Waals surface area contributed by atoms with Crippen LogP contribution in [0.1, 0.15) is 38.5 Å². The topological polar surface area (TPSA) is 67.4 Å². The molecule has 2 N–H and O–H groups in total. The first-order valence-corrected chi connectivity index (χ1v) is 7.60. The van der Waals surface area contributed by atoms with Crippen molar-refractivity contribution in [2.75, 3.05) is 6.61 Å². The number of benzene rings is 1. The molecule has 0 saturated heterocycles. The lowest BCUT2D eigenvalue weighted by atomic mass is 10.0. The molecule has 0 heterocycles. The van der Waals surface area contributed by atoms with Crippen LogP contribution in [0.15, 0.2) is 24.3 Å². The zero-order valence-corrected chi connectivity index (χ0v) is 12.4. The minimum absolute atomic E-state index is 0.00482. The monoisotopic (exact) mass is 308 g/mol. The number of nitrogens with one attached hydrogen (secondary N) is 2. The van der Waals surface area contributed by atoms with Crippen LogP contribution in [0.25, 0.3) is 0 Å². The molecule has 22 heavy (non-hydrogen) atoms. The zero-order valence-electron chi connectivity index (χ0n) is 12.4. The van der Waals surface area contributed by atoms with Crippen LogP contribution in [0.5, 0.6) is 5.75 Å². The van der Waals surface area contributed by atoms with Crippen molar-refractivity contribution in [3.8, 4) is 5.75 Å². The highest BCUT2D eigenvalue weighted by Gasteiger charge is 2.16. The number of halogens is 1. The van der Waals surface area contributed by atoms with Crippen molar-refractivity contribution >= 4 is 11.8 Å². The predicted octanol–water partition coefficient (Wildman–Crippen LogP) is 2.32. The Hall–Kier alpha value is -2.11. The molecule has 120 valence electrons. The molecule has 5 nitrogen and oxygen atoms in total. The van der Waals surface area contributed by atoms with Gasteiger partial charge in [0, 0.05) is 6.42 Å². The number of hydrazine groups is 1. The van der Waals surface area contributed by atoms with E-state index in [1.54, 1.807) is 6.07 Å². The van der Waals surface area contributed by atoms with E-state index in [2.05, 4.69) is 10.9 Å². The predicted molar refractivity (Wildman–Crippen MR) is 79.4 cm³/mol. The molecule has 1 aromatic carbocycles. The largest absolute Gasteiger partial charge is 0.481 e. The second-order valence-corrected chi connectivity index (χ2v) is 5.50. The summed E-state index contributed by atoms with van der Waals surface area (Å²) < 4.78 is 18.3. The van der Waals surface area contributed by atoms with Crippen molar-refractivity contribution < 1.29 is 18.7 Å². The van der Waals surface area contributed by atoms with Gasteiger partial charge in [0.05, 0.1) is 0 Å². The number of hydrogen-bond acceptors (Lipinski definition) is 3. The maximum atomic E-state index is 13.3. The van der Waals surface area contributed by atoms with Crippen LogP contribution in [0.4, 0.5) is 4.39 Å². The minimum Gasteiger partial charge on any atom is -0.481 e. The van der Waals surface area contributed by atoms with Gasteiger partial charge < -0.3 is 4.74 Å². The van der Waals surface area contributed by atoms with Gasteiger partial charge in [-0.3, -0.25) is 20.4 Å². The van der Waals surface area contributed by atoms with Crippen molar-refractivity contribution in [3.05, 3.63) is 30.1 Å². The summed E-state index contributed by atoms with van der Waals surface area (Å²) in [5.74, 6) is -0.643. The third-order valence-electron chi connectivity index (χ3n) is 3.79. The van der Waals surface area contributed by atoms with Crippen LogP contribution in [0.3, 0.4) is 0 Å². The smallest absolute Gasteiger partial charge is 0.276 e. The highest BCUT2D eigenvalue weighted by molar-refractivity contribution is 5.82. The van der Waals surface area contributed by atoms with Gasteiger partial charge in [0.2, 0.25) is 5.91 Å². The molecular weight excluding hydrogens is 287 g/mol. The Labute approximate surface area is 129 Å². The number of carbonyl (C=O) groups excluding carboxylic acids is 2. The summed E-state index contributed by atoms with van der Waals surface area (Å²) in [5, 5.41) is 0. The van der Waals surface area contributed by atoms with Crippen molar-refractivity contribution in [2.45, 2.75) is 38.5 Å². The lowest BCUT2D eigenvalue weighted by Crippen LogP contribution is -2.43. The Kier molecular flexibility index (Phi) is 6.18. The SMILES string of the molecule is O=C(CCC1CCCC1)NNC(=O)COc1ccccc1F. The van der Waals surface area contributed by atoms with Gasteiger partial charge in [-0.25, -0.2) is 4.39 Å². The van der Waals surface area contributed by atoms with E-state index in [9.17, 15) is 14.0 Å². The average molecular weight is 308 g/mol. The molecule has 6 heteroatoms. The van der Waals surface area contributed by atoms with Gasteiger partial charge in [-0.1, -0.05) is 37.8 Å². The molecule has 0 spiro atoms. The summed E-state index contributed by atoms with van der Waals surface area (Å²) in [4.78, 5) is 23.1. The van der Waals surface area contributed by atoms with Crippen LogP contribution in [0, 0.1) is 11.7 Å². The van der Waals surface area contributed by atoms with Gasteiger partial charge >= 0.3 is 0 Å². The van der Waals surface area contributed by atoms with E-state index < -0.39 is 11.7 Å². The van der Waals surface area contributed by atoms with E-state index in [1.807, 2.05) is 0 Å². The number of amides is 2. The third kappa shape index (κ3) is 5.35. The number of ether oxygens (including phenoxy) is 1. The maximum absolute atomic E-state index is 13.3. The van der Waals surface area contributed by atoms with Crippen LogP contribution >= 0.6 is 0 Å². The van der Waals surface area contributed by atoms with E-state index in [4.69, 9.17) is 4.74 Å². The van der Waals surface area contributed by atoms with E-state index in [0.29, 0.717) is 12.3 Å². The van der Waals surface area contributed by atoms with Gasteiger partial charge in [0.1, 0.15) is 0 Å². The summed E-state index contributed by atoms with van der Waals surface area (Å²) in [7, 11) is 0. The average Bonchev–Trinajstić information content (AvgIpc) is 3.03. The number of carbonyl (C=O) groups is 2. The standard InChI is InChI=1S/C16H21FN2O3/c17-13-7-3-4-8-14(13)22-11-16(21)19-18-15(20)10-9-12-5-1-2-6-12/h3-4,7-8,12H,1-2,5-6,9-11H2,(H,18,20)(H,19,21). The molecule has 2 amide bonds. The summed E-state index contributed by atoms with van der Waals surface area (Å²) in [6, 6.07) is 5.83. The van der Waals surface area contributed by atoms with Crippen LogP contribution in [-0.4, -0.2) is 18.4 Å². The molecule has 2 rings (SSSR count). The molecule has 1 aliphatic carbocycles. The second kappa shape index (κ2) is 8.36. The Morgan fingerprint density at radius 2 is 1.82 bits per heavy atom. The molecule has 1 saturated carbocycles. The first-order chi connectivity index (χ1) is 10.6. The van der Waals surface area contributed by atoms with E-state index in [0.717, 1.165) is 6.42 Å². The van der Waals surface area contributed by atoms with Crippen molar-refractivity contribution in [2.24, 2.45) is 5.92 Å². The van der Waals surface area contributed by atoms with E-state index in [1.165, 1.54) is 43.9 Å². The number of rotatable bonds is 6. The van der Waals surface area contributed by atoms with Gasteiger partial charge in [-0.2, -0.15) is 0 Å². The second-order valence-electron chi connectivity index (χ2n) is 5.50. The van der Waals surface area contributed by atoms with Gasteiger partial charge in [-0.15, -0.1) is 0 Å².